The van der Waals surface area contributed by atoms with Crippen LogP contribution in [-0.2, 0) is 20.9 Å². The zero-order chi connectivity index (χ0) is 22.7. The average Bonchev–Trinajstić information content (AvgIpc) is 2.63. The highest BCUT2D eigenvalue weighted by Gasteiger charge is 2.32. The van der Waals surface area contributed by atoms with Crippen LogP contribution in [0.3, 0.4) is 0 Å². The monoisotopic (exact) mass is 468 g/mol. The van der Waals surface area contributed by atoms with E-state index in [0.29, 0.717) is 6.07 Å². The number of hydrogen-bond acceptors (Lipinski definition) is 6. The zero-order valence-electron chi connectivity index (χ0n) is 15.6. The lowest BCUT2D eigenvalue weighted by molar-refractivity contribution is -0.385. The van der Waals surface area contributed by atoms with Gasteiger partial charge in [-0.05, 0) is 31.2 Å². The largest absolute Gasteiger partial charge is 0.489 e. The summed E-state index contributed by atoms with van der Waals surface area (Å²) in [4.78, 5) is 9.73. The Hall–Kier alpha value is -2.57. The molecule has 0 spiro atoms. The molecule has 2 aromatic rings. The van der Waals surface area contributed by atoms with Gasteiger partial charge in [0.05, 0.1) is 32.7 Å². The lowest BCUT2D eigenvalue weighted by Crippen LogP contribution is -2.16. The van der Waals surface area contributed by atoms with Gasteiger partial charge in [-0.3, -0.25) is 14.8 Å². The third-order valence-electron chi connectivity index (χ3n) is 3.89. The quantitative estimate of drug-likeness (QED) is 0.349. The molecule has 0 fully saturated rings. The van der Waals surface area contributed by atoms with E-state index in [-0.39, 0.29) is 29.5 Å². The van der Waals surface area contributed by atoms with Crippen molar-refractivity contribution < 1.29 is 36.0 Å². The van der Waals surface area contributed by atoms with E-state index in [4.69, 9.17) is 21.1 Å². The van der Waals surface area contributed by atoms with Crippen LogP contribution in [0, 0.1) is 17.0 Å². The lowest BCUT2D eigenvalue weighted by atomic mass is 10.2. The molecule has 0 bridgehead atoms. The van der Waals surface area contributed by atoms with Crippen molar-refractivity contribution >= 4 is 33.0 Å². The topological polar surface area (TPSA) is 108 Å². The summed E-state index contributed by atoms with van der Waals surface area (Å²) in [6.07, 6.45) is -4.74. The van der Waals surface area contributed by atoms with Crippen LogP contribution in [0.1, 0.15) is 11.1 Å². The number of nitro benzene ring substituents is 1. The fraction of sp³-hybridized carbons (Fsp3) is 0.294. The molecule has 0 saturated carbocycles. The molecule has 164 valence electrons. The van der Waals surface area contributed by atoms with Crippen LogP contribution in [0.25, 0.3) is 0 Å². The summed E-state index contributed by atoms with van der Waals surface area (Å²) in [6, 6.07) is 3.98. The van der Waals surface area contributed by atoms with Gasteiger partial charge in [-0.1, -0.05) is 11.6 Å². The summed E-state index contributed by atoms with van der Waals surface area (Å²) in [5, 5.41) is 11.0. The number of nitrogens with zero attached hydrogens (tertiary/aromatic N) is 1. The first-order valence-corrected chi connectivity index (χ1v) is 10.0. The molecule has 2 rings (SSSR count). The normalized spacial score (nSPS) is 11.9. The number of alkyl halides is 3. The van der Waals surface area contributed by atoms with Gasteiger partial charge in [0.1, 0.15) is 12.4 Å². The SMILES string of the molecule is COCCOc1ccc(C(F)(F)F)cc1NS(=O)(=O)c1cc(Cl)c(C)c([N+](=O)[O-])c1. The molecule has 0 aromatic heterocycles. The molecule has 0 amide bonds. The van der Waals surface area contributed by atoms with Crippen LogP contribution in [-0.4, -0.2) is 33.7 Å². The molecule has 0 aliphatic heterocycles. The Kier molecular flexibility index (Phi) is 7.16. The maximum Gasteiger partial charge on any atom is 0.416 e. The minimum absolute atomic E-state index is 0.0447. The van der Waals surface area contributed by atoms with Crippen molar-refractivity contribution in [3.8, 4) is 5.75 Å². The summed E-state index contributed by atoms with van der Waals surface area (Å²) in [5.41, 5.74) is -2.13. The van der Waals surface area contributed by atoms with Crippen molar-refractivity contribution in [2.75, 3.05) is 25.0 Å². The summed E-state index contributed by atoms with van der Waals surface area (Å²) in [6.45, 7) is 1.38. The van der Waals surface area contributed by atoms with Crippen LogP contribution in [0.15, 0.2) is 35.2 Å². The van der Waals surface area contributed by atoms with E-state index in [1.54, 1.807) is 0 Å². The van der Waals surface area contributed by atoms with E-state index >= 15 is 0 Å². The Balaban J connectivity index is 2.52. The molecule has 0 atom stereocenters. The highest BCUT2D eigenvalue weighted by molar-refractivity contribution is 7.92. The van der Waals surface area contributed by atoms with Gasteiger partial charge < -0.3 is 9.47 Å². The number of ether oxygens (including phenoxy) is 2. The number of anilines is 1. The van der Waals surface area contributed by atoms with Gasteiger partial charge in [-0.25, -0.2) is 8.42 Å². The van der Waals surface area contributed by atoms with E-state index in [1.165, 1.54) is 14.0 Å². The second kappa shape index (κ2) is 9.06. The number of hydrogen-bond donors (Lipinski definition) is 1. The highest BCUT2D eigenvalue weighted by atomic mass is 35.5. The predicted molar refractivity (Wildman–Crippen MR) is 102 cm³/mol. The average molecular weight is 469 g/mol. The molecule has 8 nitrogen and oxygen atoms in total. The Bertz CT molecular complexity index is 1060. The third kappa shape index (κ3) is 5.52. The number of rotatable bonds is 8. The van der Waals surface area contributed by atoms with E-state index in [9.17, 15) is 31.7 Å². The Morgan fingerprint density at radius 1 is 1.20 bits per heavy atom. The number of benzene rings is 2. The minimum Gasteiger partial charge on any atom is -0.489 e. The Morgan fingerprint density at radius 3 is 2.43 bits per heavy atom. The van der Waals surface area contributed by atoms with E-state index in [1.807, 2.05) is 4.72 Å². The Labute approximate surface area is 174 Å². The minimum atomic E-state index is -4.74. The van der Waals surface area contributed by atoms with Crippen LogP contribution in [0.5, 0.6) is 5.75 Å². The molecular weight excluding hydrogens is 453 g/mol. The Morgan fingerprint density at radius 2 is 1.87 bits per heavy atom. The molecule has 0 unspecified atom stereocenters. The lowest BCUT2D eigenvalue weighted by Gasteiger charge is -2.16. The van der Waals surface area contributed by atoms with Gasteiger partial charge in [0, 0.05) is 18.7 Å². The first kappa shape index (κ1) is 23.7. The number of halogens is 4. The van der Waals surface area contributed by atoms with Crippen LogP contribution >= 0.6 is 11.6 Å². The van der Waals surface area contributed by atoms with Gasteiger partial charge in [-0.2, -0.15) is 13.2 Å². The van der Waals surface area contributed by atoms with Gasteiger partial charge >= 0.3 is 6.18 Å². The van der Waals surface area contributed by atoms with Gasteiger partial charge in [0.25, 0.3) is 15.7 Å². The van der Waals surface area contributed by atoms with E-state index < -0.39 is 43.0 Å². The zero-order valence-corrected chi connectivity index (χ0v) is 17.2. The highest BCUT2D eigenvalue weighted by Crippen LogP contribution is 2.37. The van der Waals surface area contributed by atoms with Gasteiger partial charge in [-0.15, -0.1) is 0 Å². The first-order valence-electron chi connectivity index (χ1n) is 8.17. The second-order valence-electron chi connectivity index (χ2n) is 5.96. The van der Waals surface area contributed by atoms with Crippen molar-refractivity contribution in [1.29, 1.82) is 0 Å². The molecule has 1 N–H and O–H groups in total. The molecule has 0 radical (unpaired) electrons. The fourth-order valence-electron chi connectivity index (χ4n) is 2.34. The summed E-state index contributed by atoms with van der Waals surface area (Å²) >= 11 is 5.89. The van der Waals surface area contributed by atoms with E-state index in [2.05, 4.69) is 0 Å². The number of nitrogens with one attached hydrogen (secondary N) is 1. The predicted octanol–water partition coefficient (Wildman–Crippen LogP) is 4.40. The van der Waals surface area contributed by atoms with Crippen LogP contribution in [0.4, 0.5) is 24.5 Å². The van der Waals surface area contributed by atoms with Crippen molar-refractivity contribution in [2.24, 2.45) is 0 Å². The third-order valence-corrected chi connectivity index (χ3v) is 5.63. The molecule has 30 heavy (non-hydrogen) atoms. The first-order chi connectivity index (χ1) is 13.9. The van der Waals surface area contributed by atoms with Gasteiger partial charge in [0.15, 0.2) is 0 Å². The standard InChI is InChI=1S/C17H16ClF3N2O6S/c1-10-13(18)8-12(9-15(10)23(24)25)30(26,27)22-14-7-11(17(19,20)21)3-4-16(14)29-6-5-28-2/h3-4,7-9,22H,5-6H2,1-2H3. The van der Waals surface area contributed by atoms with Crippen molar-refractivity contribution in [2.45, 2.75) is 18.0 Å². The molecule has 2 aromatic carbocycles. The molecule has 13 heteroatoms. The smallest absolute Gasteiger partial charge is 0.416 e. The molecule has 0 aliphatic rings. The van der Waals surface area contributed by atoms with Crippen LogP contribution in [0.2, 0.25) is 5.02 Å². The van der Waals surface area contributed by atoms with Gasteiger partial charge in [0.2, 0.25) is 0 Å². The molecule has 0 heterocycles. The molecular formula is C17H16ClF3N2O6S. The summed E-state index contributed by atoms with van der Waals surface area (Å²) in [7, 11) is -3.16. The fourth-order valence-corrected chi connectivity index (χ4v) is 3.72. The van der Waals surface area contributed by atoms with Crippen molar-refractivity contribution in [3.05, 3.63) is 56.6 Å². The van der Waals surface area contributed by atoms with Crippen LogP contribution < -0.4 is 9.46 Å². The maximum atomic E-state index is 13.1. The molecule has 0 saturated heterocycles. The molecule has 0 aliphatic carbocycles. The summed E-state index contributed by atoms with van der Waals surface area (Å²) < 4.78 is 76.7. The summed E-state index contributed by atoms with van der Waals surface area (Å²) in [5.74, 6) is -0.184. The number of nitro groups is 1. The second-order valence-corrected chi connectivity index (χ2v) is 8.05. The van der Waals surface area contributed by atoms with E-state index in [0.717, 1.165) is 24.3 Å². The van der Waals surface area contributed by atoms with Crippen molar-refractivity contribution in [3.63, 3.8) is 0 Å². The van der Waals surface area contributed by atoms with Crippen molar-refractivity contribution in [1.82, 2.24) is 0 Å². The maximum absolute atomic E-state index is 13.1. The number of sulfonamides is 1. The number of methoxy groups -OCH3 is 1.